The van der Waals surface area contributed by atoms with E-state index >= 15 is 0 Å². The number of carbonyl (C=O) groups excluding carboxylic acids is 1. The Bertz CT molecular complexity index is 1350. The summed E-state index contributed by atoms with van der Waals surface area (Å²) in [4.78, 5) is 20.5. The van der Waals surface area contributed by atoms with E-state index in [0.29, 0.717) is 5.69 Å². The number of nitrogens with zero attached hydrogens (tertiary/aromatic N) is 4. The summed E-state index contributed by atoms with van der Waals surface area (Å²) in [6.45, 7) is 5.00. The Morgan fingerprint density at radius 3 is 2.40 bits per heavy atom. The lowest BCUT2D eigenvalue weighted by Crippen LogP contribution is -2.27. The standard InChI is InChI=1S/C21H21ClF3N5O4S/c1-20(2,3)30-19(34-18-14(21(23,24)25)6-5-9-26-18)15(22)16(29-30)17(31)28-10-12-7-8-13(11-27-12)35(4,32)33/h5-9,11H,10H2,1-4H3,(H,28,31). The van der Waals surface area contributed by atoms with Crippen molar-refractivity contribution in [1.82, 2.24) is 25.1 Å². The maximum absolute atomic E-state index is 13.4. The van der Waals surface area contributed by atoms with Crippen LogP contribution in [0.25, 0.3) is 0 Å². The van der Waals surface area contributed by atoms with E-state index in [9.17, 15) is 26.4 Å². The van der Waals surface area contributed by atoms with Crippen LogP contribution in [0.1, 0.15) is 42.5 Å². The number of amides is 1. The highest BCUT2D eigenvalue weighted by Gasteiger charge is 2.37. The second kappa shape index (κ2) is 9.46. The molecule has 0 saturated heterocycles. The van der Waals surface area contributed by atoms with Crippen molar-refractivity contribution in [2.24, 2.45) is 0 Å². The molecular weight excluding hydrogens is 511 g/mol. The molecule has 188 valence electrons. The molecule has 0 aliphatic heterocycles. The maximum Gasteiger partial charge on any atom is 0.421 e. The van der Waals surface area contributed by atoms with Crippen LogP contribution in [0.15, 0.2) is 41.6 Å². The summed E-state index contributed by atoms with van der Waals surface area (Å²) in [5.74, 6) is -1.77. The van der Waals surface area contributed by atoms with Crippen molar-refractivity contribution >= 4 is 27.3 Å². The Kier molecular flexibility index (Phi) is 7.14. The number of aromatic nitrogens is 4. The Balaban J connectivity index is 1.90. The molecule has 0 unspecified atom stereocenters. The molecule has 0 spiro atoms. The number of ether oxygens (including phenoxy) is 1. The number of pyridine rings is 2. The van der Waals surface area contributed by atoms with Crippen molar-refractivity contribution in [1.29, 1.82) is 0 Å². The highest BCUT2D eigenvalue weighted by molar-refractivity contribution is 7.90. The Labute approximate surface area is 204 Å². The molecule has 0 radical (unpaired) electrons. The van der Waals surface area contributed by atoms with Gasteiger partial charge < -0.3 is 10.1 Å². The molecule has 35 heavy (non-hydrogen) atoms. The normalized spacial score (nSPS) is 12.5. The van der Waals surface area contributed by atoms with E-state index in [1.807, 2.05) is 0 Å². The highest BCUT2D eigenvalue weighted by atomic mass is 35.5. The van der Waals surface area contributed by atoms with Gasteiger partial charge in [-0.05, 0) is 45.0 Å². The van der Waals surface area contributed by atoms with Crippen LogP contribution >= 0.6 is 11.6 Å². The van der Waals surface area contributed by atoms with E-state index in [2.05, 4.69) is 20.4 Å². The second-order valence-corrected chi connectivity index (χ2v) is 10.8. The Morgan fingerprint density at radius 1 is 1.17 bits per heavy atom. The fourth-order valence-corrected chi connectivity index (χ4v) is 3.64. The fourth-order valence-electron chi connectivity index (χ4n) is 2.84. The van der Waals surface area contributed by atoms with Crippen LogP contribution in [-0.2, 0) is 28.1 Å². The molecule has 14 heteroatoms. The predicted molar refractivity (Wildman–Crippen MR) is 120 cm³/mol. The summed E-state index contributed by atoms with van der Waals surface area (Å²) in [7, 11) is -3.42. The average Bonchev–Trinajstić information content (AvgIpc) is 3.08. The quantitative estimate of drug-likeness (QED) is 0.506. The number of nitrogens with one attached hydrogen (secondary N) is 1. The van der Waals surface area contributed by atoms with E-state index in [0.717, 1.165) is 30.8 Å². The number of alkyl halides is 3. The largest absolute Gasteiger partial charge is 0.421 e. The molecule has 0 fully saturated rings. The third-order valence-electron chi connectivity index (χ3n) is 4.56. The summed E-state index contributed by atoms with van der Waals surface area (Å²) in [6.07, 6.45) is -1.40. The van der Waals surface area contributed by atoms with Crippen LogP contribution in [0.2, 0.25) is 5.02 Å². The molecule has 0 atom stereocenters. The van der Waals surface area contributed by atoms with Gasteiger partial charge in [-0.15, -0.1) is 0 Å². The minimum atomic E-state index is -4.73. The fraction of sp³-hybridized carbons (Fsp3) is 0.333. The molecule has 0 bridgehead atoms. The monoisotopic (exact) mass is 531 g/mol. The highest BCUT2D eigenvalue weighted by Crippen LogP contribution is 2.40. The molecule has 9 nitrogen and oxygen atoms in total. The lowest BCUT2D eigenvalue weighted by atomic mass is 10.1. The van der Waals surface area contributed by atoms with Crippen LogP contribution in [0.4, 0.5) is 13.2 Å². The summed E-state index contributed by atoms with van der Waals surface area (Å²) in [5, 5.41) is 6.40. The van der Waals surface area contributed by atoms with Gasteiger partial charge in [0.25, 0.3) is 5.91 Å². The number of halogens is 4. The third kappa shape index (κ3) is 6.09. The van der Waals surface area contributed by atoms with Gasteiger partial charge >= 0.3 is 6.18 Å². The first-order valence-corrected chi connectivity index (χ1v) is 12.3. The zero-order chi connectivity index (χ0) is 26.2. The van der Waals surface area contributed by atoms with Gasteiger partial charge in [-0.1, -0.05) is 11.6 Å². The SMILES string of the molecule is CC(C)(C)n1nc(C(=O)NCc2ccc(S(C)(=O)=O)cn2)c(Cl)c1Oc1ncccc1C(F)(F)F. The third-order valence-corrected chi connectivity index (χ3v) is 6.00. The minimum absolute atomic E-state index is 0.0223. The minimum Gasteiger partial charge on any atom is -0.419 e. The first kappa shape index (κ1) is 26.4. The van der Waals surface area contributed by atoms with Crippen LogP contribution < -0.4 is 10.1 Å². The van der Waals surface area contributed by atoms with Crippen molar-refractivity contribution in [3.8, 4) is 11.8 Å². The summed E-state index contributed by atoms with van der Waals surface area (Å²) < 4.78 is 69.9. The Morgan fingerprint density at radius 2 is 1.86 bits per heavy atom. The van der Waals surface area contributed by atoms with Gasteiger partial charge in [0, 0.05) is 18.6 Å². The van der Waals surface area contributed by atoms with Gasteiger partial charge in [-0.3, -0.25) is 9.78 Å². The Hall–Kier alpha value is -3.19. The van der Waals surface area contributed by atoms with Crippen molar-refractivity contribution in [2.45, 2.75) is 43.9 Å². The van der Waals surface area contributed by atoms with Crippen LogP contribution in [-0.4, -0.2) is 40.3 Å². The van der Waals surface area contributed by atoms with Gasteiger partial charge in [0.15, 0.2) is 15.5 Å². The van der Waals surface area contributed by atoms with Crippen molar-refractivity contribution < 1.29 is 31.1 Å². The van der Waals surface area contributed by atoms with Crippen molar-refractivity contribution in [3.05, 3.63) is 58.6 Å². The van der Waals surface area contributed by atoms with E-state index in [1.165, 1.54) is 16.8 Å². The van der Waals surface area contributed by atoms with Gasteiger partial charge in [0.1, 0.15) is 10.6 Å². The molecule has 3 heterocycles. The molecule has 0 saturated carbocycles. The molecule has 1 N–H and O–H groups in total. The van der Waals surface area contributed by atoms with E-state index in [-0.39, 0.29) is 28.0 Å². The number of rotatable bonds is 6. The number of hydrogen-bond acceptors (Lipinski definition) is 7. The van der Waals surface area contributed by atoms with Crippen LogP contribution in [0.3, 0.4) is 0 Å². The zero-order valence-electron chi connectivity index (χ0n) is 19.0. The second-order valence-electron chi connectivity index (χ2n) is 8.45. The number of sulfone groups is 1. The molecule has 0 aliphatic rings. The predicted octanol–water partition coefficient (Wildman–Crippen LogP) is 4.23. The molecule has 3 aromatic heterocycles. The first-order chi connectivity index (χ1) is 16.1. The van der Waals surface area contributed by atoms with E-state index < -0.39 is 38.9 Å². The topological polar surface area (TPSA) is 116 Å². The summed E-state index contributed by atoms with van der Waals surface area (Å²) in [5.41, 5.74) is -1.87. The lowest BCUT2D eigenvalue weighted by Gasteiger charge is -2.22. The summed E-state index contributed by atoms with van der Waals surface area (Å²) >= 11 is 6.34. The molecule has 1 amide bonds. The van der Waals surface area contributed by atoms with Crippen LogP contribution in [0, 0.1) is 0 Å². The summed E-state index contributed by atoms with van der Waals surface area (Å²) in [6, 6.07) is 4.71. The first-order valence-electron chi connectivity index (χ1n) is 10.0. The molecular formula is C21H21ClF3N5O4S. The molecule has 0 aromatic carbocycles. The van der Waals surface area contributed by atoms with Gasteiger partial charge in [-0.25, -0.2) is 18.1 Å². The number of carbonyl (C=O) groups is 1. The zero-order valence-corrected chi connectivity index (χ0v) is 20.6. The van der Waals surface area contributed by atoms with E-state index in [1.54, 1.807) is 20.8 Å². The van der Waals surface area contributed by atoms with Gasteiger partial charge in [0.05, 0.1) is 22.7 Å². The molecule has 3 aromatic rings. The molecule has 3 rings (SSSR count). The van der Waals surface area contributed by atoms with E-state index in [4.69, 9.17) is 16.3 Å². The van der Waals surface area contributed by atoms with Gasteiger partial charge in [-0.2, -0.15) is 18.3 Å². The number of hydrogen-bond donors (Lipinski definition) is 1. The smallest absolute Gasteiger partial charge is 0.419 e. The lowest BCUT2D eigenvalue weighted by molar-refractivity contribution is -0.138. The van der Waals surface area contributed by atoms with Crippen molar-refractivity contribution in [3.63, 3.8) is 0 Å². The average molecular weight is 532 g/mol. The van der Waals surface area contributed by atoms with Crippen molar-refractivity contribution in [2.75, 3.05) is 6.26 Å². The van der Waals surface area contributed by atoms with Crippen LogP contribution in [0.5, 0.6) is 11.8 Å². The maximum atomic E-state index is 13.4. The molecule has 0 aliphatic carbocycles. The van der Waals surface area contributed by atoms with Gasteiger partial charge in [0.2, 0.25) is 11.8 Å².